The third-order valence-corrected chi connectivity index (χ3v) is 3.64. The summed E-state index contributed by atoms with van der Waals surface area (Å²) in [6, 6.07) is 10.4. The van der Waals surface area contributed by atoms with Gasteiger partial charge in [0.15, 0.2) is 0 Å². The molecule has 1 N–H and O–H groups in total. The number of nitrogens with one attached hydrogen (secondary N) is 1. The zero-order valence-electron chi connectivity index (χ0n) is 12.9. The molecule has 0 aliphatic rings. The van der Waals surface area contributed by atoms with Crippen LogP contribution in [0.4, 0.5) is 5.69 Å². The van der Waals surface area contributed by atoms with Gasteiger partial charge in [0, 0.05) is 30.2 Å². The van der Waals surface area contributed by atoms with Gasteiger partial charge < -0.3 is 14.6 Å². The largest absolute Gasteiger partial charge is 0.494 e. The number of hydrogen-bond donors (Lipinski definition) is 1. The summed E-state index contributed by atoms with van der Waals surface area (Å²) in [7, 11) is 0. The van der Waals surface area contributed by atoms with Gasteiger partial charge in [-0.1, -0.05) is 0 Å². The smallest absolute Gasteiger partial charge is 0.119 e. The van der Waals surface area contributed by atoms with Gasteiger partial charge in [-0.2, -0.15) is 0 Å². The van der Waals surface area contributed by atoms with Gasteiger partial charge >= 0.3 is 0 Å². The van der Waals surface area contributed by atoms with E-state index in [0.717, 1.165) is 24.5 Å². The standard InChI is InChI=1S/C17H24N2O/c1-5-19-13(3)11-15(14(19)4)12-18-16-7-9-17(10-8-16)20-6-2/h7-11,18H,5-6,12H2,1-4H3. The Bertz CT molecular complexity index is 555. The molecule has 0 amide bonds. The van der Waals surface area contributed by atoms with Gasteiger partial charge in [0.05, 0.1) is 6.61 Å². The second kappa shape index (κ2) is 6.51. The summed E-state index contributed by atoms with van der Waals surface area (Å²) in [4.78, 5) is 0. The fraction of sp³-hybridized carbons (Fsp3) is 0.412. The van der Waals surface area contributed by atoms with Crippen molar-refractivity contribution in [1.29, 1.82) is 0 Å². The highest BCUT2D eigenvalue weighted by molar-refractivity contribution is 5.47. The van der Waals surface area contributed by atoms with Gasteiger partial charge in [0.1, 0.15) is 5.75 Å². The molecule has 3 heteroatoms. The maximum atomic E-state index is 5.45. The molecule has 1 heterocycles. The van der Waals surface area contributed by atoms with Crippen molar-refractivity contribution in [2.24, 2.45) is 0 Å². The van der Waals surface area contributed by atoms with Crippen LogP contribution in [0.25, 0.3) is 0 Å². The first-order valence-corrected chi connectivity index (χ1v) is 7.28. The normalized spacial score (nSPS) is 10.6. The van der Waals surface area contributed by atoms with Gasteiger partial charge in [-0.15, -0.1) is 0 Å². The minimum Gasteiger partial charge on any atom is -0.494 e. The minimum atomic E-state index is 0.704. The van der Waals surface area contributed by atoms with Gasteiger partial charge in [0.25, 0.3) is 0 Å². The lowest BCUT2D eigenvalue weighted by Gasteiger charge is -2.09. The fourth-order valence-corrected chi connectivity index (χ4v) is 2.57. The van der Waals surface area contributed by atoms with Gasteiger partial charge in [-0.25, -0.2) is 0 Å². The Kier molecular flexibility index (Phi) is 4.72. The average molecular weight is 272 g/mol. The van der Waals surface area contributed by atoms with E-state index in [1.807, 2.05) is 19.1 Å². The molecule has 0 aliphatic carbocycles. The summed E-state index contributed by atoms with van der Waals surface area (Å²) < 4.78 is 7.79. The van der Waals surface area contributed by atoms with Crippen LogP contribution in [0.1, 0.15) is 30.8 Å². The number of ether oxygens (including phenoxy) is 1. The molecule has 0 unspecified atom stereocenters. The van der Waals surface area contributed by atoms with Crippen molar-refractivity contribution in [1.82, 2.24) is 4.57 Å². The second-order valence-corrected chi connectivity index (χ2v) is 4.95. The van der Waals surface area contributed by atoms with Crippen LogP contribution in [0, 0.1) is 13.8 Å². The van der Waals surface area contributed by atoms with Crippen LogP contribution in [0.5, 0.6) is 5.75 Å². The maximum absolute atomic E-state index is 5.45. The molecule has 0 spiro atoms. The van der Waals surface area contributed by atoms with Crippen LogP contribution in [0.15, 0.2) is 30.3 Å². The van der Waals surface area contributed by atoms with Crippen molar-refractivity contribution in [3.05, 3.63) is 47.3 Å². The van der Waals surface area contributed by atoms with E-state index in [0.29, 0.717) is 6.61 Å². The summed E-state index contributed by atoms with van der Waals surface area (Å²) in [5.74, 6) is 0.919. The Morgan fingerprint density at radius 1 is 1.10 bits per heavy atom. The summed E-state index contributed by atoms with van der Waals surface area (Å²) in [6.45, 7) is 11.1. The molecule has 0 atom stereocenters. The highest BCUT2D eigenvalue weighted by atomic mass is 16.5. The number of aromatic nitrogens is 1. The van der Waals surface area contributed by atoms with Crippen molar-refractivity contribution in [2.75, 3.05) is 11.9 Å². The molecule has 0 saturated heterocycles. The summed E-state index contributed by atoms with van der Waals surface area (Å²) in [5.41, 5.74) is 5.16. The monoisotopic (exact) mass is 272 g/mol. The molecule has 0 bridgehead atoms. The topological polar surface area (TPSA) is 26.2 Å². The van der Waals surface area contributed by atoms with Crippen LogP contribution in [-0.4, -0.2) is 11.2 Å². The molecule has 1 aromatic carbocycles. The lowest BCUT2D eigenvalue weighted by Crippen LogP contribution is -2.03. The highest BCUT2D eigenvalue weighted by Gasteiger charge is 2.07. The van der Waals surface area contributed by atoms with Crippen molar-refractivity contribution in [3.63, 3.8) is 0 Å². The summed E-state index contributed by atoms with van der Waals surface area (Å²) >= 11 is 0. The zero-order valence-corrected chi connectivity index (χ0v) is 12.9. The van der Waals surface area contributed by atoms with Gasteiger partial charge in [0.2, 0.25) is 0 Å². The number of hydrogen-bond acceptors (Lipinski definition) is 2. The molecule has 1 aromatic heterocycles. The maximum Gasteiger partial charge on any atom is 0.119 e. The van der Waals surface area contributed by atoms with Crippen LogP contribution < -0.4 is 10.1 Å². The molecule has 0 fully saturated rings. The molecule has 108 valence electrons. The van der Waals surface area contributed by atoms with Crippen LogP contribution in [0.3, 0.4) is 0 Å². The van der Waals surface area contributed by atoms with E-state index in [1.54, 1.807) is 0 Å². The molecule has 2 rings (SSSR count). The van der Waals surface area contributed by atoms with E-state index >= 15 is 0 Å². The van der Waals surface area contributed by atoms with Crippen molar-refractivity contribution in [3.8, 4) is 5.75 Å². The molecule has 0 saturated carbocycles. The zero-order chi connectivity index (χ0) is 14.5. The van der Waals surface area contributed by atoms with E-state index in [2.05, 4.69) is 48.9 Å². The van der Waals surface area contributed by atoms with Crippen LogP contribution >= 0.6 is 0 Å². The predicted octanol–water partition coefficient (Wildman–Crippen LogP) is 4.14. The van der Waals surface area contributed by atoms with Crippen LogP contribution in [0.2, 0.25) is 0 Å². The van der Waals surface area contributed by atoms with E-state index in [1.165, 1.54) is 17.0 Å². The Morgan fingerprint density at radius 2 is 1.80 bits per heavy atom. The Labute approximate surface area is 121 Å². The predicted molar refractivity (Wildman–Crippen MR) is 84.5 cm³/mol. The SMILES string of the molecule is CCOc1ccc(NCc2cc(C)n(CC)c2C)cc1. The number of benzene rings is 1. The summed E-state index contributed by atoms with van der Waals surface area (Å²) in [5, 5.41) is 3.47. The lowest BCUT2D eigenvalue weighted by molar-refractivity contribution is 0.340. The molecule has 0 radical (unpaired) electrons. The van der Waals surface area contributed by atoms with E-state index in [-0.39, 0.29) is 0 Å². The Balaban J connectivity index is 2.01. The number of anilines is 1. The molecular weight excluding hydrogens is 248 g/mol. The van der Waals surface area contributed by atoms with Crippen molar-refractivity contribution < 1.29 is 4.74 Å². The lowest BCUT2D eigenvalue weighted by atomic mass is 10.2. The fourth-order valence-electron chi connectivity index (χ4n) is 2.57. The van der Waals surface area contributed by atoms with Crippen molar-refractivity contribution >= 4 is 5.69 Å². The molecule has 2 aromatic rings. The number of rotatable bonds is 6. The Hall–Kier alpha value is -1.90. The summed E-state index contributed by atoms with van der Waals surface area (Å²) in [6.07, 6.45) is 0. The Morgan fingerprint density at radius 3 is 2.35 bits per heavy atom. The quantitative estimate of drug-likeness (QED) is 0.855. The molecule has 3 nitrogen and oxygen atoms in total. The number of nitrogens with zero attached hydrogens (tertiary/aromatic N) is 1. The second-order valence-electron chi connectivity index (χ2n) is 4.95. The first-order chi connectivity index (χ1) is 9.65. The third kappa shape index (κ3) is 3.16. The first-order valence-electron chi connectivity index (χ1n) is 7.28. The van der Waals surface area contributed by atoms with Gasteiger partial charge in [-0.3, -0.25) is 0 Å². The van der Waals surface area contributed by atoms with E-state index in [9.17, 15) is 0 Å². The first kappa shape index (κ1) is 14.5. The third-order valence-electron chi connectivity index (χ3n) is 3.64. The highest BCUT2D eigenvalue weighted by Crippen LogP contribution is 2.19. The van der Waals surface area contributed by atoms with Crippen LogP contribution in [-0.2, 0) is 13.1 Å². The van der Waals surface area contributed by atoms with E-state index in [4.69, 9.17) is 4.74 Å². The average Bonchev–Trinajstić information content (AvgIpc) is 2.72. The van der Waals surface area contributed by atoms with E-state index < -0.39 is 0 Å². The molecule has 0 aliphatic heterocycles. The minimum absolute atomic E-state index is 0.704. The van der Waals surface area contributed by atoms with Crippen molar-refractivity contribution in [2.45, 2.75) is 40.8 Å². The van der Waals surface area contributed by atoms with Gasteiger partial charge in [-0.05, 0) is 63.6 Å². The molecular formula is C17H24N2O. The number of aryl methyl sites for hydroxylation is 1. The molecule has 20 heavy (non-hydrogen) atoms.